The molecule has 2 aromatic carbocycles. The number of rotatable bonds is 4. The third-order valence-corrected chi connectivity index (χ3v) is 5.50. The van der Waals surface area contributed by atoms with Gasteiger partial charge >= 0.3 is 0 Å². The Balaban J connectivity index is 2.06. The molecule has 1 aliphatic rings. The van der Waals surface area contributed by atoms with Gasteiger partial charge in [-0.05, 0) is 54.0 Å². The maximum absolute atomic E-state index is 5.92. The van der Waals surface area contributed by atoms with Crippen molar-refractivity contribution < 1.29 is 0 Å². The minimum atomic E-state index is 0.0410. The van der Waals surface area contributed by atoms with Gasteiger partial charge in [0.1, 0.15) is 0 Å². The van der Waals surface area contributed by atoms with E-state index < -0.39 is 0 Å². The largest absolute Gasteiger partial charge is 0.271 e. The molecule has 1 saturated carbocycles. The van der Waals surface area contributed by atoms with Crippen LogP contribution in [0.25, 0.3) is 0 Å². The van der Waals surface area contributed by atoms with Crippen LogP contribution in [0.1, 0.15) is 53.5 Å². The standard InChI is InChI=1S/C18H21BrN2/c1-12-14(10-5-11-17(12)19)18(21-20)16-9-3-2-8-15(16)13-6-4-7-13/h2-3,5,8-11,13,18,21H,4,6-7,20H2,1H3. The summed E-state index contributed by atoms with van der Waals surface area (Å²) in [6.07, 6.45) is 3.94. The lowest BCUT2D eigenvalue weighted by molar-refractivity contribution is 0.414. The van der Waals surface area contributed by atoms with E-state index in [1.807, 2.05) is 0 Å². The number of hydrogen-bond donors (Lipinski definition) is 2. The Bertz CT molecular complexity index is 635. The molecule has 3 heteroatoms. The average molecular weight is 345 g/mol. The highest BCUT2D eigenvalue weighted by Crippen LogP contribution is 2.41. The van der Waals surface area contributed by atoms with Gasteiger partial charge in [0, 0.05) is 4.47 Å². The second-order valence-corrected chi connectivity index (χ2v) is 6.66. The molecule has 3 rings (SSSR count). The minimum Gasteiger partial charge on any atom is -0.271 e. The van der Waals surface area contributed by atoms with Crippen molar-refractivity contribution in [2.45, 2.75) is 38.1 Å². The zero-order valence-electron chi connectivity index (χ0n) is 12.3. The molecule has 1 fully saturated rings. The van der Waals surface area contributed by atoms with Gasteiger partial charge in [-0.25, -0.2) is 5.43 Å². The van der Waals surface area contributed by atoms with Crippen LogP contribution in [-0.2, 0) is 0 Å². The first kappa shape index (κ1) is 14.8. The molecule has 0 heterocycles. The smallest absolute Gasteiger partial charge is 0.0715 e. The second kappa shape index (κ2) is 6.30. The van der Waals surface area contributed by atoms with E-state index in [4.69, 9.17) is 5.84 Å². The summed E-state index contributed by atoms with van der Waals surface area (Å²) in [5, 5.41) is 0. The molecule has 0 aromatic heterocycles. The lowest BCUT2D eigenvalue weighted by atomic mass is 9.76. The van der Waals surface area contributed by atoms with Gasteiger partial charge in [-0.15, -0.1) is 0 Å². The summed E-state index contributed by atoms with van der Waals surface area (Å²) in [5.41, 5.74) is 8.26. The number of hydrazine groups is 1. The fourth-order valence-corrected chi connectivity index (χ4v) is 3.53. The Kier molecular flexibility index (Phi) is 4.43. The van der Waals surface area contributed by atoms with Gasteiger partial charge in [0.15, 0.2) is 0 Å². The van der Waals surface area contributed by atoms with E-state index in [-0.39, 0.29) is 6.04 Å². The fourth-order valence-electron chi connectivity index (χ4n) is 3.15. The van der Waals surface area contributed by atoms with Crippen molar-refractivity contribution >= 4 is 15.9 Å². The fraction of sp³-hybridized carbons (Fsp3) is 0.333. The minimum absolute atomic E-state index is 0.0410. The van der Waals surface area contributed by atoms with Crippen LogP contribution in [0.3, 0.4) is 0 Å². The van der Waals surface area contributed by atoms with Crippen molar-refractivity contribution in [1.82, 2.24) is 5.43 Å². The monoisotopic (exact) mass is 344 g/mol. The second-order valence-electron chi connectivity index (χ2n) is 5.81. The normalized spacial score (nSPS) is 16.5. The van der Waals surface area contributed by atoms with Crippen LogP contribution in [0.15, 0.2) is 46.9 Å². The third kappa shape index (κ3) is 2.78. The van der Waals surface area contributed by atoms with Crippen LogP contribution in [0.2, 0.25) is 0 Å². The molecule has 0 radical (unpaired) electrons. The summed E-state index contributed by atoms with van der Waals surface area (Å²) >= 11 is 3.62. The first-order valence-corrected chi connectivity index (χ1v) is 8.31. The summed E-state index contributed by atoms with van der Waals surface area (Å²) in [6, 6.07) is 15.1. The Morgan fingerprint density at radius 1 is 1.10 bits per heavy atom. The van der Waals surface area contributed by atoms with Crippen molar-refractivity contribution in [2.24, 2.45) is 5.84 Å². The van der Waals surface area contributed by atoms with E-state index in [9.17, 15) is 0 Å². The number of nitrogens with one attached hydrogen (secondary N) is 1. The molecular weight excluding hydrogens is 324 g/mol. The van der Waals surface area contributed by atoms with Crippen molar-refractivity contribution in [3.63, 3.8) is 0 Å². The number of hydrogen-bond acceptors (Lipinski definition) is 2. The maximum Gasteiger partial charge on any atom is 0.0715 e. The van der Waals surface area contributed by atoms with Crippen LogP contribution < -0.4 is 11.3 Å². The summed E-state index contributed by atoms with van der Waals surface area (Å²) in [4.78, 5) is 0. The molecule has 1 aliphatic carbocycles. The summed E-state index contributed by atoms with van der Waals surface area (Å²) in [7, 11) is 0. The molecular formula is C18H21BrN2. The van der Waals surface area contributed by atoms with Gasteiger partial charge in [0.05, 0.1) is 6.04 Å². The lowest BCUT2D eigenvalue weighted by Gasteiger charge is -2.31. The first-order valence-electron chi connectivity index (χ1n) is 7.52. The summed E-state index contributed by atoms with van der Waals surface area (Å²) < 4.78 is 1.13. The van der Waals surface area contributed by atoms with Crippen molar-refractivity contribution in [1.29, 1.82) is 0 Å². The van der Waals surface area contributed by atoms with Gasteiger partial charge in [-0.2, -0.15) is 0 Å². The first-order chi connectivity index (χ1) is 10.2. The number of nitrogens with two attached hydrogens (primary N) is 1. The van der Waals surface area contributed by atoms with Gasteiger partial charge < -0.3 is 0 Å². The van der Waals surface area contributed by atoms with Crippen molar-refractivity contribution in [3.05, 3.63) is 69.2 Å². The highest BCUT2D eigenvalue weighted by molar-refractivity contribution is 9.10. The van der Waals surface area contributed by atoms with E-state index in [0.29, 0.717) is 5.92 Å². The average Bonchev–Trinajstić information content (AvgIpc) is 2.44. The summed E-state index contributed by atoms with van der Waals surface area (Å²) in [6.45, 7) is 2.13. The van der Waals surface area contributed by atoms with Crippen molar-refractivity contribution in [2.75, 3.05) is 0 Å². The van der Waals surface area contributed by atoms with Crippen LogP contribution in [0, 0.1) is 6.92 Å². The predicted octanol–water partition coefficient (Wildman–Crippen LogP) is 4.58. The van der Waals surface area contributed by atoms with Crippen LogP contribution in [0.5, 0.6) is 0 Å². The Hall–Kier alpha value is -1.16. The molecule has 0 saturated heterocycles. The van der Waals surface area contributed by atoms with Crippen molar-refractivity contribution in [3.8, 4) is 0 Å². The van der Waals surface area contributed by atoms with E-state index in [0.717, 1.165) is 4.47 Å². The SMILES string of the molecule is Cc1c(Br)cccc1C(NN)c1ccccc1C1CCC1. The molecule has 0 bridgehead atoms. The molecule has 2 aromatic rings. The topological polar surface area (TPSA) is 38.0 Å². The summed E-state index contributed by atoms with van der Waals surface area (Å²) in [5.74, 6) is 6.62. The zero-order valence-corrected chi connectivity index (χ0v) is 13.9. The van der Waals surface area contributed by atoms with Crippen LogP contribution in [0.4, 0.5) is 0 Å². The molecule has 0 amide bonds. The Morgan fingerprint density at radius 3 is 2.48 bits per heavy atom. The molecule has 3 N–H and O–H groups in total. The molecule has 1 unspecified atom stereocenters. The third-order valence-electron chi connectivity index (χ3n) is 4.64. The zero-order chi connectivity index (χ0) is 14.8. The molecule has 1 atom stereocenters. The van der Waals surface area contributed by atoms with Gasteiger partial charge in [0.2, 0.25) is 0 Å². The van der Waals surface area contributed by atoms with E-state index in [2.05, 4.69) is 70.7 Å². The van der Waals surface area contributed by atoms with E-state index >= 15 is 0 Å². The van der Waals surface area contributed by atoms with E-state index in [1.54, 1.807) is 0 Å². The van der Waals surface area contributed by atoms with E-state index in [1.165, 1.54) is 41.5 Å². The number of benzene rings is 2. The van der Waals surface area contributed by atoms with Crippen LogP contribution >= 0.6 is 15.9 Å². The lowest BCUT2D eigenvalue weighted by Crippen LogP contribution is -2.31. The highest BCUT2D eigenvalue weighted by Gasteiger charge is 2.26. The molecule has 110 valence electrons. The highest BCUT2D eigenvalue weighted by atomic mass is 79.9. The Labute approximate surface area is 134 Å². The molecule has 0 aliphatic heterocycles. The Morgan fingerprint density at radius 2 is 1.81 bits per heavy atom. The van der Waals surface area contributed by atoms with Gasteiger partial charge in [0.25, 0.3) is 0 Å². The quantitative estimate of drug-likeness (QED) is 0.629. The van der Waals surface area contributed by atoms with Gasteiger partial charge in [-0.3, -0.25) is 5.84 Å². The molecule has 0 spiro atoms. The number of halogens is 1. The van der Waals surface area contributed by atoms with Crippen LogP contribution in [-0.4, -0.2) is 0 Å². The molecule has 2 nitrogen and oxygen atoms in total. The molecule has 21 heavy (non-hydrogen) atoms. The predicted molar refractivity (Wildman–Crippen MR) is 91.1 cm³/mol. The maximum atomic E-state index is 5.92. The van der Waals surface area contributed by atoms with Gasteiger partial charge in [-0.1, -0.05) is 58.7 Å².